The van der Waals surface area contributed by atoms with Crippen LogP contribution in [0.15, 0.2) is 66.7 Å². The van der Waals surface area contributed by atoms with Crippen molar-refractivity contribution in [2.45, 2.75) is 27.2 Å². The SMILES string of the molecule is CCOC(=O)Cc1ccc(-c2ccc(Nc3ccc(C)c(C)c3)cc2)cc1. The van der Waals surface area contributed by atoms with Gasteiger partial charge in [-0.05, 0) is 72.9 Å². The van der Waals surface area contributed by atoms with Gasteiger partial charge in [0.05, 0.1) is 13.0 Å². The molecule has 0 aromatic heterocycles. The topological polar surface area (TPSA) is 38.3 Å². The Morgan fingerprint density at radius 1 is 0.815 bits per heavy atom. The van der Waals surface area contributed by atoms with Crippen LogP contribution in [0.4, 0.5) is 11.4 Å². The summed E-state index contributed by atoms with van der Waals surface area (Å²) >= 11 is 0. The summed E-state index contributed by atoms with van der Waals surface area (Å²) in [5.74, 6) is -0.188. The van der Waals surface area contributed by atoms with E-state index in [4.69, 9.17) is 4.74 Å². The first-order valence-electron chi connectivity index (χ1n) is 9.24. The average molecular weight is 359 g/mol. The molecule has 0 aliphatic carbocycles. The van der Waals surface area contributed by atoms with Crippen LogP contribution in [0.5, 0.6) is 0 Å². The number of esters is 1. The Balaban J connectivity index is 1.67. The first-order chi connectivity index (χ1) is 13.0. The summed E-state index contributed by atoms with van der Waals surface area (Å²) in [4.78, 5) is 11.6. The maximum Gasteiger partial charge on any atom is 0.310 e. The second-order valence-corrected chi connectivity index (χ2v) is 6.68. The molecule has 0 fully saturated rings. The summed E-state index contributed by atoms with van der Waals surface area (Å²) in [5.41, 5.74) is 7.95. The lowest BCUT2D eigenvalue weighted by Gasteiger charge is -2.10. The Kier molecular flexibility index (Phi) is 5.92. The zero-order chi connectivity index (χ0) is 19.2. The largest absolute Gasteiger partial charge is 0.466 e. The van der Waals surface area contributed by atoms with Gasteiger partial charge in [-0.3, -0.25) is 4.79 Å². The molecule has 3 rings (SSSR count). The van der Waals surface area contributed by atoms with Gasteiger partial charge in [0.25, 0.3) is 0 Å². The van der Waals surface area contributed by atoms with E-state index in [1.807, 2.05) is 31.2 Å². The normalized spacial score (nSPS) is 10.5. The van der Waals surface area contributed by atoms with Crippen LogP contribution in [0, 0.1) is 13.8 Å². The maximum absolute atomic E-state index is 11.6. The number of rotatable bonds is 6. The summed E-state index contributed by atoms with van der Waals surface area (Å²) in [5, 5.41) is 3.44. The highest BCUT2D eigenvalue weighted by atomic mass is 16.5. The monoisotopic (exact) mass is 359 g/mol. The third kappa shape index (κ3) is 4.98. The minimum Gasteiger partial charge on any atom is -0.466 e. The van der Waals surface area contributed by atoms with Crippen molar-refractivity contribution in [1.29, 1.82) is 0 Å². The molecule has 0 aliphatic rings. The van der Waals surface area contributed by atoms with E-state index in [9.17, 15) is 4.79 Å². The van der Waals surface area contributed by atoms with E-state index in [0.717, 1.165) is 28.1 Å². The van der Waals surface area contributed by atoms with Crippen molar-refractivity contribution < 1.29 is 9.53 Å². The van der Waals surface area contributed by atoms with Crippen LogP contribution in [0.3, 0.4) is 0 Å². The first-order valence-corrected chi connectivity index (χ1v) is 9.24. The molecule has 0 amide bonds. The van der Waals surface area contributed by atoms with Crippen molar-refractivity contribution in [2.75, 3.05) is 11.9 Å². The zero-order valence-corrected chi connectivity index (χ0v) is 16.1. The quantitative estimate of drug-likeness (QED) is 0.564. The minimum absolute atomic E-state index is 0.188. The predicted octanol–water partition coefficient (Wildman–Crippen LogP) is 5.82. The highest BCUT2D eigenvalue weighted by Gasteiger charge is 2.05. The van der Waals surface area contributed by atoms with Crippen molar-refractivity contribution in [3.05, 3.63) is 83.4 Å². The van der Waals surface area contributed by atoms with E-state index in [1.54, 1.807) is 0 Å². The molecule has 0 atom stereocenters. The van der Waals surface area contributed by atoms with Crippen LogP contribution in [-0.2, 0) is 16.0 Å². The molecule has 0 heterocycles. The fourth-order valence-electron chi connectivity index (χ4n) is 2.93. The van der Waals surface area contributed by atoms with E-state index in [2.05, 4.69) is 61.6 Å². The predicted molar refractivity (Wildman–Crippen MR) is 111 cm³/mol. The minimum atomic E-state index is -0.188. The molecule has 138 valence electrons. The number of aryl methyl sites for hydroxylation is 2. The number of carbonyl (C=O) groups excluding carboxylic acids is 1. The molecule has 0 spiro atoms. The summed E-state index contributed by atoms with van der Waals surface area (Å²) in [7, 11) is 0. The second-order valence-electron chi connectivity index (χ2n) is 6.68. The smallest absolute Gasteiger partial charge is 0.310 e. The van der Waals surface area contributed by atoms with Crippen molar-refractivity contribution in [3.8, 4) is 11.1 Å². The molecule has 1 N–H and O–H groups in total. The molecular weight excluding hydrogens is 334 g/mol. The molecule has 3 heteroatoms. The van der Waals surface area contributed by atoms with E-state index >= 15 is 0 Å². The third-order valence-corrected chi connectivity index (χ3v) is 4.62. The van der Waals surface area contributed by atoms with Crippen LogP contribution >= 0.6 is 0 Å². The standard InChI is InChI=1S/C24H25NO2/c1-4-27-24(26)16-19-6-8-20(9-7-19)21-10-13-22(14-11-21)25-23-12-5-17(2)18(3)15-23/h5-15,25H,4,16H2,1-3H3. The van der Waals surface area contributed by atoms with Crippen molar-refractivity contribution >= 4 is 17.3 Å². The summed E-state index contributed by atoms with van der Waals surface area (Å²) in [6.45, 7) is 6.47. The lowest BCUT2D eigenvalue weighted by atomic mass is 10.0. The van der Waals surface area contributed by atoms with Gasteiger partial charge in [0, 0.05) is 11.4 Å². The van der Waals surface area contributed by atoms with E-state index in [1.165, 1.54) is 11.1 Å². The van der Waals surface area contributed by atoms with Gasteiger partial charge in [-0.2, -0.15) is 0 Å². The first kappa shape index (κ1) is 18.7. The van der Waals surface area contributed by atoms with Gasteiger partial charge in [0.1, 0.15) is 0 Å². The van der Waals surface area contributed by atoms with Gasteiger partial charge in [0.15, 0.2) is 0 Å². The molecule has 0 bridgehead atoms. The van der Waals surface area contributed by atoms with Crippen LogP contribution in [0.1, 0.15) is 23.6 Å². The molecule has 3 nitrogen and oxygen atoms in total. The molecule has 3 aromatic rings. The Morgan fingerprint density at radius 3 is 2.00 bits per heavy atom. The second kappa shape index (κ2) is 8.54. The number of hydrogen-bond donors (Lipinski definition) is 1. The fraction of sp³-hybridized carbons (Fsp3) is 0.208. The lowest BCUT2D eigenvalue weighted by Crippen LogP contribution is -2.07. The molecule has 27 heavy (non-hydrogen) atoms. The number of benzene rings is 3. The Morgan fingerprint density at radius 2 is 1.41 bits per heavy atom. The molecule has 0 radical (unpaired) electrons. The van der Waals surface area contributed by atoms with Gasteiger partial charge in [-0.1, -0.05) is 42.5 Å². The fourth-order valence-corrected chi connectivity index (χ4v) is 2.93. The number of nitrogens with one attached hydrogen (secondary N) is 1. The zero-order valence-electron chi connectivity index (χ0n) is 16.1. The van der Waals surface area contributed by atoms with Crippen LogP contribution in [0.2, 0.25) is 0 Å². The summed E-state index contributed by atoms with van der Waals surface area (Å²) in [6, 6.07) is 22.8. The van der Waals surface area contributed by atoms with Crippen LogP contribution in [-0.4, -0.2) is 12.6 Å². The van der Waals surface area contributed by atoms with Gasteiger partial charge in [0.2, 0.25) is 0 Å². The number of hydrogen-bond acceptors (Lipinski definition) is 3. The number of carbonyl (C=O) groups is 1. The molecular formula is C24H25NO2. The van der Waals surface area contributed by atoms with Crippen molar-refractivity contribution in [1.82, 2.24) is 0 Å². The van der Waals surface area contributed by atoms with E-state index < -0.39 is 0 Å². The number of anilines is 2. The van der Waals surface area contributed by atoms with Crippen LogP contribution < -0.4 is 5.32 Å². The lowest BCUT2D eigenvalue weighted by molar-refractivity contribution is -0.142. The van der Waals surface area contributed by atoms with Gasteiger partial charge < -0.3 is 10.1 Å². The summed E-state index contributed by atoms with van der Waals surface area (Å²) in [6.07, 6.45) is 0.312. The highest BCUT2D eigenvalue weighted by molar-refractivity contribution is 5.73. The van der Waals surface area contributed by atoms with Gasteiger partial charge in [-0.15, -0.1) is 0 Å². The average Bonchev–Trinajstić information content (AvgIpc) is 2.66. The maximum atomic E-state index is 11.6. The van der Waals surface area contributed by atoms with Gasteiger partial charge >= 0.3 is 5.97 Å². The molecule has 0 aliphatic heterocycles. The summed E-state index contributed by atoms with van der Waals surface area (Å²) < 4.78 is 4.99. The molecule has 0 saturated heterocycles. The highest BCUT2D eigenvalue weighted by Crippen LogP contribution is 2.24. The van der Waals surface area contributed by atoms with Crippen LogP contribution in [0.25, 0.3) is 11.1 Å². The molecule has 0 unspecified atom stereocenters. The third-order valence-electron chi connectivity index (χ3n) is 4.62. The van der Waals surface area contributed by atoms with Crippen molar-refractivity contribution in [3.63, 3.8) is 0 Å². The Hall–Kier alpha value is -3.07. The number of ether oxygens (including phenoxy) is 1. The van der Waals surface area contributed by atoms with Gasteiger partial charge in [-0.25, -0.2) is 0 Å². The Bertz CT molecular complexity index is 912. The van der Waals surface area contributed by atoms with E-state index in [0.29, 0.717) is 13.0 Å². The van der Waals surface area contributed by atoms with Crippen molar-refractivity contribution in [2.24, 2.45) is 0 Å². The van der Waals surface area contributed by atoms with E-state index in [-0.39, 0.29) is 5.97 Å². The molecule has 3 aromatic carbocycles. The Labute approximate surface area is 161 Å². The molecule has 0 saturated carbocycles.